The van der Waals surface area contributed by atoms with Gasteiger partial charge in [0.1, 0.15) is 0 Å². The first-order chi connectivity index (χ1) is 9.06. The SMILES string of the molecule is O=[N+]([O-])c1ccc(Cl)c(CSc2ccc(Cl)cn2)c1. The van der Waals surface area contributed by atoms with Gasteiger partial charge in [-0.05, 0) is 23.8 Å². The van der Waals surface area contributed by atoms with Crippen LogP contribution in [0, 0.1) is 10.1 Å². The number of halogens is 2. The summed E-state index contributed by atoms with van der Waals surface area (Å²) in [6.07, 6.45) is 1.55. The first kappa shape index (κ1) is 14.1. The quantitative estimate of drug-likeness (QED) is 0.470. The molecular weight excluding hydrogens is 307 g/mol. The van der Waals surface area contributed by atoms with Crippen LogP contribution < -0.4 is 0 Å². The van der Waals surface area contributed by atoms with Crippen molar-refractivity contribution < 1.29 is 4.92 Å². The van der Waals surface area contributed by atoms with Gasteiger partial charge in [0.05, 0.1) is 15.0 Å². The minimum Gasteiger partial charge on any atom is -0.258 e. The fourth-order valence-electron chi connectivity index (χ4n) is 1.38. The van der Waals surface area contributed by atoms with Crippen LogP contribution in [0.2, 0.25) is 10.0 Å². The second kappa shape index (κ2) is 6.23. The molecule has 0 aliphatic carbocycles. The zero-order valence-electron chi connectivity index (χ0n) is 9.55. The molecule has 1 aromatic carbocycles. The average Bonchev–Trinajstić information content (AvgIpc) is 2.39. The van der Waals surface area contributed by atoms with Crippen molar-refractivity contribution >= 4 is 40.7 Å². The second-order valence-electron chi connectivity index (χ2n) is 3.64. The molecule has 0 saturated heterocycles. The number of non-ortho nitro benzene ring substituents is 1. The number of aromatic nitrogens is 1. The largest absolute Gasteiger partial charge is 0.269 e. The lowest BCUT2D eigenvalue weighted by atomic mass is 10.2. The molecule has 0 saturated carbocycles. The van der Waals surface area contributed by atoms with E-state index in [1.807, 2.05) is 0 Å². The molecule has 19 heavy (non-hydrogen) atoms. The summed E-state index contributed by atoms with van der Waals surface area (Å²) in [7, 11) is 0. The molecule has 0 radical (unpaired) electrons. The highest BCUT2D eigenvalue weighted by Gasteiger charge is 2.10. The highest BCUT2D eigenvalue weighted by molar-refractivity contribution is 7.98. The van der Waals surface area contributed by atoms with Crippen LogP contribution in [0.5, 0.6) is 0 Å². The molecule has 0 fully saturated rings. The van der Waals surface area contributed by atoms with Crippen LogP contribution in [-0.4, -0.2) is 9.91 Å². The molecule has 2 aromatic rings. The fourth-order valence-corrected chi connectivity index (χ4v) is 2.59. The van der Waals surface area contributed by atoms with E-state index in [2.05, 4.69) is 4.98 Å². The maximum atomic E-state index is 10.7. The van der Waals surface area contributed by atoms with E-state index in [-0.39, 0.29) is 5.69 Å². The van der Waals surface area contributed by atoms with Crippen LogP contribution >= 0.6 is 35.0 Å². The van der Waals surface area contributed by atoms with Gasteiger partial charge in [0.2, 0.25) is 0 Å². The van der Waals surface area contributed by atoms with Gasteiger partial charge < -0.3 is 0 Å². The molecule has 2 rings (SSSR count). The topological polar surface area (TPSA) is 56.0 Å². The molecule has 0 aliphatic rings. The first-order valence-electron chi connectivity index (χ1n) is 5.23. The van der Waals surface area contributed by atoms with E-state index in [0.29, 0.717) is 21.4 Å². The molecule has 4 nitrogen and oxygen atoms in total. The van der Waals surface area contributed by atoms with E-state index >= 15 is 0 Å². The number of nitro benzene ring substituents is 1. The summed E-state index contributed by atoms with van der Waals surface area (Å²) in [6.45, 7) is 0. The summed E-state index contributed by atoms with van der Waals surface area (Å²) >= 11 is 13.2. The molecule has 0 spiro atoms. The van der Waals surface area contributed by atoms with Crippen LogP contribution in [0.4, 0.5) is 5.69 Å². The molecule has 1 heterocycles. The Morgan fingerprint density at radius 2 is 2.05 bits per heavy atom. The van der Waals surface area contributed by atoms with Crippen molar-refractivity contribution in [2.24, 2.45) is 0 Å². The molecule has 0 aliphatic heterocycles. The van der Waals surface area contributed by atoms with Crippen molar-refractivity contribution in [2.45, 2.75) is 10.8 Å². The molecule has 98 valence electrons. The molecule has 0 amide bonds. The van der Waals surface area contributed by atoms with Gasteiger partial charge in [0.15, 0.2) is 0 Å². The van der Waals surface area contributed by atoms with Crippen molar-refractivity contribution in [1.82, 2.24) is 4.98 Å². The highest BCUT2D eigenvalue weighted by Crippen LogP contribution is 2.28. The van der Waals surface area contributed by atoms with E-state index < -0.39 is 4.92 Å². The molecule has 7 heteroatoms. The van der Waals surface area contributed by atoms with E-state index in [9.17, 15) is 10.1 Å². The van der Waals surface area contributed by atoms with Crippen molar-refractivity contribution in [2.75, 3.05) is 0 Å². The van der Waals surface area contributed by atoms with Crippen molar-refractivity contribution in [3.63, 3.8) is 0 Å². The van der Waals surface area contributed by atoms with Gasteiger partial charge in [0, 0.05) is 29.1 Å². The van der Waals surface area contributed by atoms with Gasteiger partial charge in [-0.2, -0.15) is 0 Å². The Hall–Kier alpha value is -1.30. The Bertz CT molecular complexity index is 605. The van der Waals surface area contributed by atoms with Crippen LogP contribution in [0.1, 0.15) is 5.56 Å². The van der Waals surface area contributed by atoms with Crippen LogP contribution in [0.3, 0.4) is 0 Å². The van der Waals surface area contributed by atoms with Gasteiger partial charge in [-0.1, -0.05) is 23.2 Å². The number of hydrogen-bond donors (Lipinski definition) is 0. The van der Waals surface area contributed by atoms with E-state index in [4.69, 9.17) is 23.2 Å². The number of benzene rings is 1. The number of pyridine rings is 1. The molecular formula is C12H8Cl2N2O2S. The van der Waals surface area contributed by atoms with Gasteiger partial charge in [-0.3, -0.25) is 10.1 Å². The number of nitrogens with zero attached hydrogens (tertiary/aromatic N) is 2. The van der Waals surface area contributed by atoms with Gasteiger partial charge >= 0.3 is 0 Å². The number of hydrogen-bond acceptors (Lipinski definition) is 4. The maximum absolute atomic E-state index is 10.7. The third-order valence-electron chi connectivity index (χ3n) is 2.32. The summed E-state index contributed by atoms with van der Waals surface area (Å²) in [4.78, 5) is 14.4. The van der Waals surface area contributed by atoms with Crippen molar-refractivity contribution in [3.8, 4) is 0 Å². The Morgan fingerprint density at radius 1 is 1.26 bits per heavy atom. The number of rotatable bonds is 4. The van der Waals surface area contributed by atoms with Crippen LogP contribution in [-0.2, 0) is 5.75 Å². The Kier molecular flexibility index (Phi) is 4.63. The van der Waals surface area contributed by atoms with Crippen LogP contribution in [0.25, 0.3) is 0 Å². The smallest absolute Gasteiger partial charge is 0.258 e. The Balaban J connectivity index is 2.12. The third-order valence-corrected chi connectivity index (χ3v) is 3.90. The number of nitro groups is 1. The Morgan fingerprint density at radius 3 is 2.68 bits per heavy atom. The van der Waals surface area contributed by atoms with E-state index in [0.717, 1.165) is 5.03 Å². The molecule has 0 unspecified atom stereocenters. The first-order valence-corrected chi connectivity index (χ1v) is 6.97. The van der Waals surface area contributed by atoms with Crippen molar-refractivity contribution in [3.05, 3.63) is 62.3 Å². The Labute approximate surface area is 123 Å². The standard InChI is InChI=1S/C12H8Cl2N2O2S/c13-9-1-4-12(15-6-9)19-7-8-5-10(16(17)18)2-3-11(8)14/h1-6H,7H2. The van der Waals surface area contributed by atoms with Gasteiger partial charge in [0.25, 0.3) is 5.69 Å². The molecule has 0 bridgehead atoms. The third kappa shape index (κ3) is 3.83. The minimum atomic E-state index is -0.439. The molecule has 0 N–H and O–H groups in total. The lowest BCUT2D eigenvalue weighted by Gasteiger charge is -2.04. The van der Waals surface area contributed by atoms with Gasteiger partial charge in [-0.25, -0.2) is 4.98 Å². The summed E-state index contributed by atoms with van der Waals surface area (Å²) in [5, 5.41) is 12.6. The van der Waals surface area contributed by atoms with Crippen LogP contribution in [0.15, 0.2) is 41.6 Å². The summed E-state index contributed by atoms with van der Waals surface area (Å²) < 4.78 is 0. The number of thioether (sulfide) groups is 1. The zero-order chi connectivity index (χ0) is 13.8. The van der Waals surface area contributed by atoms with E-state index in [1.165, 1.54) is 30.0 Å². The summed E-state index contributed by atoms with van der Waals surface area (Å²) in [5.74, 6) is 0.509. The summed E-state index contributed by atoms with van der Waals surface area (Å²) in [6, 6.07) is 7.93. The molecule has 0 atom stereocenters. The predicted octanol–water partition coefficient (Wildman–Crippen LogP) is 4.59. The van der Waals surface area contributed by atoms with Crippen molar-refractivity contribution in [1.29, 1.82) is 0 Å². The predicted molar refractivity (Wildman–Crippen MR) is 76.9 cm³/mol. The monoisotopic (exact) mass is 314 g/mol. The van der Waals surface area contributed by atoms with E-state index in [1.54, 1.807) is 18.3 Å². The minimum absolute atomic E-state index is 0.0315. The average molecular weight is 315 g/mol. The lowest BCUT2D eigenvalue weighted by Crippen LogP contribution is -1.91. The second-order valence-corrected chi connectivity index (χ2v) is 5.48. The molecule has 1 aromatic heterocycles. The highest BCUT2D eigenvalue weighted by atomic mass is 35.5. The zero-order valence-corrected chi connectivity index (χ0v) is 11.9. The summed E-state index contributed by atoms with van der Waals surface area (Å²) in [5.41, 5.74) is 0.738. The van der Waals surface area contributed by atoms with Gasteiger partial charge in [-0.15, -0.1) is 11.8 Å². The normalized spacial score (nSPS) is 10.4. The fraction of sp³-hybridized carbons (Fsp3) is 0.0833. The lowest BCUT2D eigenvalue weighted by molar-refractivity contribution is -0.384. The maximum Gasteiger partial charge on any atom is 0.269 e.